The number of Topliss-reactive ketones (excluding diaryl/α,β-unsaturated/α-hetero) is 1. The molecule has 0 aromatic heterocycles. The number of benzene rings is 1. The molecular weight excluding hydrogens is 268 g/mol. The lowest BCUT2D eigenvalue weighted by atomic mass is 10.0. The van der Waals surface area contributed by atoms with Crippen LogP contribution in [-0.4, -0.2) is 19.0 Å². The monoisotopic (exact) mass is 284 g/mol. The summed E-state index contributed by atoms with van der Waals surface area (Å²) in [5.41, 5.74) is 1.07. The van der Waals surface area contributed by atoms with Gasteiger partial charge < -0.3 is 4.74 Å². The van der Waals surface area contributed by atoms with Crippen LogP contribution in [0.3, 0.4) is 0 Å². The maximum absolute atomic E-state index is 11.7. The Labute approximate surface area is 105 Å². The van der Waals surface area contributed by atoms with Crippen LogP contribution in [-0.2, 0) is 16.0 Å². The van der Waals surface area contributed by atoms with Crippen LogP contribution in [0.15, 0.2) is 28.7 Å². The topological polar surface area (TPSA) is 26.3 Å². The fraction of sp³-hybridized carbons (Fsp3) is 0.462. The number of halogens is 1. The molecule has 0 spiro atoms. The number of ether oxygens (including phenoxy) is 1. The Kier molecular flexibility index (Phi) is 5.71. The van der Waals surface area contributed by atoms with Crippen LogP contribution in [0.5, 0.6) is 0 Å². The van der Waals surface area contributed by atoms with Crippen LogP contribution in [0, 0.1) is 0 Å². The second-order valence-electron chi connectivity index (χ2n) is 3.93. The molecule has 0 fully saturated rings. The average molecular weight is 285 g/mol. The van der Waals surface area contributed by atoms with Crippen molar-refractivity contribution in [1.82, 2.24) is 0 Å². The fourth-order valence-corrected chi connectivity index (χ4v) is 1.66. The lowest BCUT2D eigenvalue weighted by Crippen LogP contribution is -2.10. The largest absolute Gasteiger partial charge is 0.382 e. The van der Waals surface area contributed by atoms with E-state index in [2.05, 4.69) is 15.9 Å². The minimum Gasteiger partial charge on any atom is -0.382 e. The number of rotatable bonds is 6. The molecule has 0 N–H and O–H groups in total. The molecule has 1 aromatic carbocycles. The first kappa shape index (κ1) is 13.4. The summed E-state index contributed by atoms with van der Waals surface area (Å²) in [7, 11) is 1.67. The zero-order valence-corrected chi connectivity index (χ0v) is 11.3. The van der Waals surface area contributed by atoms with Gasteiger partial charge in [-0.1, -0.05) is 28.1 Å². The molecule has 2 nitrogen and oxygen atoms in total. The molecule has 0 radical (unpaired) electrons. The maximum Gasteiger partial charge on any atom is 0.137 e. The van der Waals surface area contributed by atoms with Gasteiger partial charge >= 0.3 is 0 Å². The van der Waals surface area contributed by atoms with Crippen molar-refractivity contribution in [2.45, 2.75) is 32.3 Å². The van der Waals surface area contributed by atoms with Crippen LogP contribution < -0.4 is 0 Å². The van der Waals surface area contributed by atoms with E-state index in [0.717, 1.165) is 16.5 Å². The van der Waals surface area contributed by atoms with Crippen molar-refractivity contribution < 1.29 is 9.53 Å². The van der Waals surface area contributed by atoms with Gasteiger partial charge in [-0.2, -0.15) is 0 Å². The minimum absolute atomic E-state index is 0.161. The van der Waals surface area contributed by atoms with E-state index >= 15 is 0 Å². The predicted octanol–water partition coefficient (Wildman–Crippen LogP) is 3.38. The van der Waals surface area contributed by atoms with Gasteiger partial charge in [0.15, 0.2) is 0 Å². The summed E-state index contributed by atoms with van der Waals surface area (Å²) in [6.45, 7) is 1.98. The second-order valence-corrected chi connectivity index (χ2v) is 4.84. The molecule has 0 aliphatic carbocycles. The minimum atomic E-state index is 0.161. The summed E-state index contributed by atoms with van der Waals surface area (Å²) < 4.78 is 6.15. The molecule has 0 aliphatic rings. The van der Waals surface area contributed by atoms with E-state index in [9.17, 15) is 4.79 Å². The summed E-state index contributed by atoms with van der Waals surface area (Å²) in [6.07, 6.45) is 2.06. The van der Waals surface area contributed by atoms with E-state index < -0.39 is 0 Å². The van der Waals surface area contributed by atoms with E-state index in [4.69, 9.17) is 4.74 Å². The lowest BCUT2D eigenvalue weighted by molar-refractivity contribution is -0.119. The smallest absolute Gasteiger partial charge is 0.137 e. The number of hydrogen-bond acceptors (Lipinski definition) is 2. The molecule has 88 valence electrons. The Balaban J connectivity index is 2.37. The maximum atomic E-state index is 11.7. The van der Waals surface area contributed by atoms with E-state index in [0.29, 0.717) is 12.8 Å². The first-order chi connectivity index (χ1) is 7.61. The molecule has 1 atom stereocenters. The Hall–Kier alpha value is -0.670. The van der Waals surface area contributed by atoms with Crippen molar-refractivity contribution in [1.29, 1.82) is 0 Å². The third-order valence-electron chi connectivity index (χ3n) is 2.55. The summed E-state index contributed by atoms with van der Waals surface area (Å²) in [4.78, 5) is 11.7. The SMILES string of the molecule is COC(C)CCC(=O)Cc1ccc(Br)cc1. The van der Waals surface area contributed by atoms with E-state index in [1.807, 2.05) is 31.2 Å². The van der Waals surface area contributed by atoms with E-state index in [1.54, 1.807) is 7.11 Å². The highest BCUT2D eigenvalue weighted by Crippen LogP contribution is 2.12. The molecule has 0 heterocycles. The standard InChI is InChI=1S/C13H17BrO2/c1-10(16-2)3-8-13(15)9-11-4-6-12(14)7-5-11/h4-7,10H,3,8-9H2,1-2H3. The van der Waals surface area contributed by atoms with Crippen molar-refractivity contribution in [3.05, 3.63) is 34.3 Å². The fourth-order valence-electron chi connectivity index (χ4n) is 1.40. The first-order valence-electron chi connectivity index (χ1n) is 5.40. The predicted molar refractivity (Wildman–Crippen MR) is 68.6 cm³/mol. The molecule has 0 aliphatic heterocycles. The van der Waals surface area contributed by atoms with Crippen LogP contribution >= 0.6 is 15.9 Å². The Morgan fingerprint density at radius 1 is 1.38 bits per heavy atom. The van der Waals surface area contributed by atoms with Crippen LogP contribution in [0.25, 0.3) is 0 Å². The number of carbonyl (C=O) groups is 1. The molecular formula is C13H17BrO2. The molecule has 3 heteroatoms. The number of methoxy groups -OCH3 is 1. The van der Waals surface area contributed by atoms with Gasteiger partial charge in [0.2, 0.25) is 0 Å². The molecule has 0 bridgehead atoms. The Morgan fingerprint density at radius 3 is 2.56 bits per heavy atom. The summed E-state index contributed by atoms with van der Waals surface area (Å²) >= 11 is 3.37. The molecule has 1 aromatic rings. The quantitative estimate of drug-likeness (QED) is 0.801. The highest BCUT2D eigenvalue weighted by molar-refractivity contribution is 9.10. The van der Waals surface area contributed by atoms with Crippen LogP contribution in [0.2, 0.25) is 0 Å². The van der Waals surface area contributed by atoms with Crippen LogP contribution in [0.4, 0.5) is 0 Å². The zero-order chi connectivity index (χ0) is 12.0. The molecule has 0 amide bonds. The van der Waals surface area contributed by atoms with Gasteiger partial charge in [0.05, 0.1) is 6.10 Å². The Bertz CT molecular complexity index is 332. The van der Waals surface area contributed by atoms with Gasteiger partial charge in [-0.25, -0.2) is 0 Å². The summed E-state index contributed by atoms with van der Waals surface area (Å²) in [5, 5.41) is 0. The molecule has 0 saturated carbocycles. The molecule has 1 rings (SSSR count). The first-order valence-corrected chi connectivity index (χ1v) is 6.20. The van der Waals surface area contributed by atoms with Crippen molar-refractivity contribution >= 4 is 21.7 Å². The molecule has 16 heavy (non-hydrogen) atoms. The van der Waals surface area contributed by atoms with Gasteiger partial charge in [-0.15, -0.1) is 0 Å². The highest BCUT2D eigenvalue weighted by atomic mass is 79.9. The lowest BCUT2D eigenvalue weighted by Gasteiger charge is -2.08. The van der Waals surface area contributed by atoms with E-state index in [1.165, 1.54) is 0 Å². The van der Waals surface area contributed by atoms with Gasteiger partial charge in [-0.05, 0) is 31.0 Å². The average Bonchev–Trinajstić information content (AvgIpc) is 2.29. The summed E-state index contributed by atoms with van der Waals surface area (Å²) in [5.74, 6) is 0.270. The van der Waals surface area contributed by atoms with Crippen molar-refractivity contribution in [3.63, 3.8) is 0 Å². The Morgan fingerprint density at radius 2 is 2.00 bits per heavy atom. The second kappa shape index (κ2) is 6.81. The normalized spacial score (nSPS) is 12.4. The third kappa shape index (κ3) is 4.90. The molecule has 0 saturated heterocycles. The number of carbonyl (C=O) groups excluding carboxylic acids is 1. The summed E-state index contributed by atoms with van der Waals surface area (Å²) in [6, 6.07) is 7.87. The van der Waals surface area contributed by atoms with Gasteiger partial charge in [0.25, 0.3) is 0 Å². The number of hydrogen-bond donors (Lipinski definition) is 0. The van der Waals surface area contributed by atoms with Gasteiger partial charge in [0, 0.05) is 24.4 Å². The van der Waals surface area contributed by atoms with Gasteiger partial charge in [-0.3, -0.25) is 4.79 Å². The zero-order valence-electron chi connectivity index (χ0n) is 9.70. The highest BCUT2D eigenvalue weighted by Gasteiger charge is 2.06. The van der Waals surface area contributed by atoms with Crippen molar-refractivity contribution in [2.24, 2.45) is 0 Å². The van der Waals surface area contributed by atoms with Crippen LogP contribution in [0.1, 0.15) is 25.3 Å². The van der Waals surface area contributed by atoms with Crippen molar-refractivity contribution in [3.8, 4) is 0 Å². The molecule has 1 unspecified atom stereocenters. The number of ketones is 1. The van der Waals surface area contributed by atoms with Crippen molar-refractivity contribution in [2.75, 3.05) is 7.11 Å². The van der Waals surface area contributed by atoms with E-state index in [-0.39, 0.29) is 11.9 Å². The van der Waals surface area contributed by atoms with Gasteiger partial charge in [0.1, 0.15) is 5.78 Å². The third-order valence-corrected chi connectivity index (χ3v) is 3.08.